The summed E-state index contributed by atoms with van der Waals surface area (Å²) < 4.78 is 0. The van der Waals surface area contributed by atoms with E-state index in [-0.39, 0.29) is 38.6 Å². The fourth-order valence-corrected chi connectivity index (χ4v) is 1.24. The van der Waals surface area contributed by atoms with E-state index in [1.807, 2.05) is 39.0 Å². The number of nitrogens with one attached hydrogen (secondary N) is 1. The molecule has 2 nitrogen and oxygen atoms in total. The molecule has 0 bridgehead atoms. The van der Waals surface area contributed by atoms with Gasteiger partial charge in [-0.1, -0.05) is 25.1 Å². The van der Waals surface area contributed by atoms with Gasteiger partial charge in [0.2, 0.25) is 5.91 Å². The van der Waals surface area contributed by atoms with Crippen LogP contribution in [0, 0.1) is 13.8 Å². The smallest absolute Gasteiger partial charge is 0.224 e. The van der Waals surface area contributed by atoms with E-state index >= 15 is 0 Å². The zero-order chi connectivity index (χ0) is 9.84. The molecule has 73 valence electrons. The number of benzene rings is 1. The Morgan fingerprint density at radius 1 is 1.29 bits per heavy atom. The number of para-hydroxylation sites is 1. The van der Waals surface area contributed by atoms with Crippen molar-refractivity contribution < 1.29 is 37.5 Å². The number of aryl methyl sites for hydroxylation is 2. The van der Waals surface area contributed by atoms with Gasteiger partial charge in [-0.25, -0.2) is 0 Å². The Morgan fingerprint density at radius 2 is 1.79 bits per heavy atom. The second-order valence-corrected chi connectivity index (χ2v) is 3.17. The van der Waals surface area contributed by atoms with Crippen LogP contribution in [0.25, 0.3) is 0 Å². The van der Waals surface area contributed by atoms with Gasteiger partial charge in [-0.2, -0.15) is 0 Å². The largest absolute Gasteiger partial charge is 0.326 e. The monoisotopic (exact) mass is 266 g/mol. The molecule has 14 heavy (non-hydrogen) atoms. The molecule has 0 fully saturated rings. The van der Waals surface area contributed by atoms with E-state index in [1.165, 1.54) is 0 Å². The van der Waals surface area contributed by atoms with Crippen molar-refractivity contribution in [3.8, 4) is 0 Å². The zero-order valence-corrected chi connectivity index (χ0v) is 11.8. The van der Waals surface area contributed by atoms with Crippen LogP contribution in [-0.2, 0) is 37.5 Å². The van der Waals surface area contributed by atoms with E-state index in [9.17, 15) is 4.79 Å². The molecule has 1 rings (SSSR count). The fraction of sp³-hybridized carbons (Fsp3) is 0.364. The van der Waals surface area contributed by atoms with Crippen molar-refractivity contribution in [3.63, 3.8) is 0 Å². The molecule has 0 unspecified atom stereocenters. The van der Waals surface area contributed by atoms with Crippen molar-refractivity contribution in [1.29, 1.82) is 0 Å². The Bertz CT molecular complexity index is 303. The first-order chi connectivity index (χ1) is 6.15. The van der Waals surface area contributed by atoms with Crippen LogP contribution >= 0.6 is 0 Å². The van der Waals surface area contributed by atoms with Crippen molar-refractivity contribution in [2.75, 3.05) is 5.32 Å². The van der Waals surface area contributed by atoms with Crippen LogP contribution in [0.1, 0.15) is 24.5 Å². The molecule has 0 saturated carbocycles. The quantitative estimate of drug-likeness (QED) is 0.876. The van der Waals surface area contributed by atoms with Gasteiger partial charge in [0.05, 0.1) is 0 Å². The first-order valence-corrected chi connectivity index (χ1v) is 4.51. The van der Waals surface area contributed by atoms with Gasteiger partial charge in [0.15, 0.2) is 0 Å². The summed E-state index contributed by atoms with van der Waals surface area (Å²) in [6.07, 6.45) is 0.522. The molecular weight excluding hydrogens is 251 g/mol. The van der Waals surface area contributed by atoms with Crippen LogP contribution in [0.4, 0.5) is 5.69 Å². The summed E-state index contributed by atoms with van der Waals surface area (Å²) in [5.41, 5.74) is 3.18. The van der Waals surface area contributed by atoms with E-state index in [1.54, 1.807) is 0 Å². The summed E-state index contributed by atoms with van der Waals surface area (Å²) >= 11 is 0. The number of carbonyl (C=O) groups excluding carboxylic acids is 1. The van der Waals surface area contributed by atoms with Crippen LogP contribution in [0.2, 0.25) is 0 Å². The summed E-state index contributed by atoms with van der Waals surface area (Å²) in [6.45, 7) is 5.85. The molecule has 1 radical (unpaired) electrons. The van der Waals surface area contributed by atoms with E-state index in [0.29, 0.717) is 6.42 Å². The standard InChI is InChI=1S/C11H15NO.Y/c1-4-10(13)12-11-8(2)6-5-7-9(11)3;/h5-7H,4H2,1-3H3,(H,12,13);. The zero-order valence-electron chi connectivity index (χ0n) is 8.92. The normalized spacial score (nSPS) is 9.07. The van der Waals surface area contributed by atoms with Crippen molar-refractivity contribution in [2.45, 2.75) is 27.2 Å². The third-order valence-electron chi connectivity index (χ3n) is 2.07. The van der Waals surface area contributed by atoms with Gasteiger partial charge in [-0.05, 0) is 25.0 Å². The maximum Gasteiger partial charge on any atom is 0.224 e. The SMILES string of the molecule is CCC(=O)Nc1c(C)cccc1C.[Y]. The van der Waals surface area contributed by atoms with Crippen LogP contribution < -0.4 is 5.32 Å². The first kappa shape index (κ1) is 13.8. The molecule has 0 aliphatic carbocycles. The molecule has 0 atom stereocenters. The van der Waals surface area contributed by atoms with Crippen molar-refractivity contribution in [1.82, 2.24) is 0 Å². The van der Waals surface area contributed by atoms with Crippen LogP contribution in [0.5, 0.6) is 0 Å². The van der Waals surface area contributed by atoms with Gasteiger partial charge < -0.3 is 5.32 Å². The topological polar surface area (TPSA) is 29.1 Å². The molecule has 0 aromatic heterocycles. The molecule has 1 amide bonds. The Balaban J connectivity index is 0.00000169. The Labute approximate surface area is 110 Å². The number of anilines is 1. The molecule has 1 aromatic rings. The summed E-state index contributed by atoms with van der Waals surface area (Å²) in [4.78, 5) is 11.2. The number of rotatable bonds is 2. The van der Waals surface area contributed by atoms with E-state index in [0.717, 1.165) is 16.8 Å². The van der Waals surface area contributed by atoms with Gasteiger partial charge in [-0.3, -0.25) is 4.79 Å². The molecule has 0 saturated heterocycles. The Morgan fingerprint density at radius 3 is 2.21 bits per heavy atom. The number of amides is 1. The molecule has 0 spiro atoms. The molecule has 3 heteroatoms. The van der Waals surface area contributed by atoms with Crippen molar-refractivity contribution in [3.05, 3.63) is 29.3 Å². The van der Waals surface area contributed by atoms with Gasteiger partial charge >= 0.3 is 0 Å². The molecule has 1 N–H and O–H groups in total. The van der Waals surface area contributed by atoms with E-state index in [4.69, 9.17) is 0 Å². The maximum atomic E-state index is 11.2. The van der Waals surface area contributed by atoms with Gasteiger partial charge in [-0.15, -0.1) is 0 Å². The first-order valence-electron chi connectivity index (χ1n) is 4.51. The molecule has 1 aromatic carbocycles. The average Bonchev–Trinajstić information content (AvgIpc) is 2.11. The number of carbonyl (C=O) groups is 1. The summed E-state index contributed by atoms with van der Waals surface area (Å²) in [5.74, 6) is 0.0670. The fourth-order valence-electron chi connectivity index (χ4n) is 1.24. The minimum absolute atomic E-state index is 0. The van der Waals surface area contributed by atoms with Crippen molar-refractivity contribution >= 4 is 11.6 Å². The van der Waals surface area contributed by atoms with Crippen LogP contribution in [0.3, 0.4) is 0 Å². The molecule has 0 aliphatic rings. The Kier molecular flexibility index (Phi) is 6.22. The van der Waals surface area contributed by atoms with Gasteiger partial charge in [0.1, 0.15) is 0 Å². The third-order valence-corrected chi connectivity index (χ3v) is 2.07. The average molecular weight is 266 g/mol. The van der Waals surface area contributed by atoms with E-state index in [2.05, 4.69) is 5.32 Å². The third kappa shape index (κ3) is 3.51. The summed E-state index contributed by atoms with van der Waals surface area (Å²) in [5, 5.41) is 2.89. The minimum atomic E-state index is 0. The Hall–Kier alpha value is -0.206. The molecule has 0 heterocycles. The predicted octanol–water partition coefficient (Wildman–Crippen LogP) is 2.65. The number of hydrogen-bond donors (Lipinski definition) is 1. The van der Waals surface area contributed by atoms with Crippen LogP contribution in [-0.4, -0.2) is 5.91 Å². The second-order valence-electron chi connectivity index (χ2n) is 3.17. The van der Waals surface area contributed by atoms with E-state index < -0.39 is 0 Å². The van der Waals surface area contributed by atoms with Gasteiger partial charge in [0.25, 0.3) is 0 Å². The molecular formula is C11H15NOY. The van der Waals surface area contributed by atoms with Gasteiger partial charge in [0, 0.05) is 44.8 Å². The van der Waals surface area contributed by atoms with Crippen molar-refractivity contribution in [2.24, 2.45) is 0 Å². The predicted molar refractivity (Wildman–Crippen MR) is 54.8 cm³/mol. The molecule has 0 aliphatic heterocycles. The maximum absolute atomic E-state index is 11.2. The summed E-state index contributed by atoms with van der Waals surface area (Å²) in [6, 6.07) is 5.99. The summed E-state index contributed by atoms with van der Waals surface area (Å²) in [7, 11) is 0. The number of hydrogen-bond acceptors (Lipinski definition) is 1. The minimum Gasteiger partial charge on any atom is -0.326 e. The van der Waals surface area contributed by atoms with Crippen LogP contribution in [0.15, 0.2) is 18.2 Å². The second kappa shape index (κ2) is 6.31.